The largest absolute Gasteiger partial charge is 0.495 e. The zero-order valence-electron chi connectivity index (χ0n) is 9.26. The Morgan fingerprint density at radius 2 is 2.11 bits per heavy atom. The highest BCUT2D eigenvalue weighted by Gasteiger charge is 2.37. The zero-order valence-corrected chi connectivity index (χ0v) is 12.2. The molecule has 2 aromatic rings. The fraction of sp³-hybridized carbons (Fsp3) is 0.200. The maximum atomic E-state index is 12.8. The molecule has 0 amide bonds. The number of hydrogen-bond donors (Lipinski definition) is 0. The molecule has 2 aromatic heterocycles. The molecule has 2 rings (SSSR count). The van der Waals surface area contributed by atoms with E-state index in [2.05, 4.69) is 4.98 Å². The lowest BCUT2D eigenvalue weighted by molar-refractivity contribution is -0.141. The Bertz CT molecular complexity index is 714. The van der Waals surface area contributed by atoms with E-state index in [4.69, 9.17) is 16.3 Å². The van der Waals surface area contributed by atoms with Crippen molar-refractivity contribution in [3.63, 3.8) is 0 Å². The molecule has 0 fully saturated rings. The number of methoxy groups -OCH3 is 1. The van der Waals surface area contributed by atoms with E-state index < -0.39 is 21.0 Å². The van der Waals surface area contributed by atoms with Gasteiger partial charge < -0.3 is 4.74 Å². The Kier molecular flexibility index (Phi) is 3.65. The zero-order chi connectivity index (χ0) is 14.4. The summed E-state index contributed by atoms with van der Waals surface area (Å²) in [4.78, 5) is 15.3. The van der Waals surface area contributed by atoms with Crippen LogP contribution in [0.1, 0.15) is 5.69 Å². The van der Waals surface area contributed by atoms with Crippen LogP contribution >= 0.6 is 34.2 Å². The number of aromatic nitrogens is 2. The highest BCUT2D eigenvalue weighted by Crippen LogP contribution is 2.33. The molecule has 0 aromatic carbocycles. The van der Waals surface area contributed by atoms with Crippen molar-refractivity contribution in [1.29, 1.82) is 0 Å². The SMILES string of the molecule is COc1ccn2c(=O)c(I)c(C(F)(F)F)nc2c1Cl. The first kappa shape index (κ1) is 14.4. The van der Waals surface area contributed by atoms with E-state index in [1.807, 2.05) is 0 Å². The molecule has 0 saturated carbocycles. The van der Waals surface area contributed by atoms with Gasteiger partial charge in [0.05, 0.1) is 7.11 Å². The Balaban J connectivity index is 2.94. The summed E-state index contributed by atoms with van der Waals surface area (Å²) in [6.07, 6.45) is -3.46. The fourth-order valence-corrected chi connectivity index (χ4v) is 2.44. The van der Waals surface area contributed by atoms with Gasteiger partial charge in [-0.05, 0) is 28.7 Å². The lowest BCUT2D eigenvalue weighted by Crippen LogP contribution is -2.25. The second-order valence-electron chi connectivity index (χ2n) is 3.47. The summed E-state index contributed by atoms with van der Waals surface area (Å²) in [5.74, 6) is 0.142. The Hall–Kier alpha value is -1.03. The third-order valence-electron chi connectivity index (χ3n) is 2.34. The van der Waals surface area contributed by atoms with Crippen LogP contribution < -0.4 is 10.3 Å². The standard InChI is InChI=1S/C10H5ClF3IN2O2/c1-19-4-2-3-17-8(5(4)11)16-7(10(12,13)14)6(15)9(17)18/h2-3H,1H3. The van der Waals surface area contributed by atoms with Crippen molar-refractivity contribution < 1.29 is 17.9 Å². The summed E-state index contributed by atoms with van der Waals surface area (Å²) in [5, 5.41) is -0.149. The van der Waals surface area contributed by atoms with Crippen LogP contribution in [-0.2, 0) is 6.18 Å². The topological polar surface area (TPSA) is 43.6 Å². The van der Waals surface area contributed by atoms with Gasteiger partial charge in [0.1, 0.15) is 14.3 Å². The molecule has 0 atom stereocenters. The first-order valence-corrected chi connectivity index (χ1v) is 6.24. The van der Waals surface area contributed by atoms with Crippen molar-refractivity contribution in [2.45, 2.75) is 6.18 Å². The van der Waals surface area contributed by atoms with E-state index in [1.54, 1.807) is 0 Å². The van der Waals surface area contributed by atoms with Crippen molar-refractivity contribution in [3.05, 3.63) is 36.9 Å². The summed E-state index contributed by atoms with van der Waals surface area (Å²) >= 11 is 7.19. The van der Waals surface area contributed by atoms with Gasteiger partial charge in [-0.25, -0.2) is 4.98 Å². The van der Waals surface area contributed by atoms with Crippen LogP contribution in [0, 0.1) is 3.57 Å². The second-order valence-corrected chi connectivity index (χ2v) is 4.93. The molecular weight excluding hydrogens is 399 g/mol. The smallest absolute Gasteiger partial charge is 0.434 e. The summed E-state index contributed by atoms with van der Waals surface area (Å²) in [7, 11) is 1.31. The number of fused-ring (bicyclic) bond motifs is 1. The summed E-state index contributed by atoms with van der Waals surface area (Å²) in [5.41, 5.74) is -2.38. The second kappa shape index (κ2) is 4.82. The van der Waals surface area contributed by atoms with Crippen LogP contribution in [0.3, 0.4) is 0 Å². The minimum atomic E-state index is -4.73. The number of rotatable bonds is 1. The molecule has 2 heterocycles. The van der Waals surface area contributed by atoms with Crippen LogP contribution in [0.2, 0.25) is 5.02 Å². The molecule has 0 spiro atoms. The van der Waals surface area contributed by atoms with Gasteiger partial charge in [-0.3, -0.25) is 9.20 Å². The normalized spacial score (nSPS) is 11.9. The summed E-state index contributed by atoms with van der Waals surface area (Å²) < 4.78 is 43.7. The first-order valence-electron chi connectivity index (χ1n) is 4.79. The quantitative estimate of drug-likeness (QED) is 0.687. The monoisotopic (exact) mass is 404 g/mol. The van der Waals surface area contributed by atoms with Crippen molar-refractivity contribution in [3.8, 4) is 5.75 Å². The molecule has 0 aliphatic carbocycles. The maximum absolute atomic E-state index is 12.8. The molecule has 4 nitrogen and oxygen atoms in total. The van der Waals surface area contributed by atoms with Gasteiger partial charge in [-0.2, -0.15) is 13.2 Å². The fourth-order valence-electron chi connectivity index (χ4n) is 1.48. The molecule has 9 heteroatoms. The highest BCUT2D eigenvalue weighted by atomic mass is 127. The summed E-state index contributed by atoms with van der Waals surface area (Å²) in [6, 6.07) is 1.38. The van der Waals surface area contributed by atoms with E-state index in [-0.39, 0.29) is 16.4 Å². The van der Waals surface area contributed by atoms with Crippen LogP contribution in [0.15, 0.2) is 17.1 Å². The minimum Gasteiger partial charge on any atom is -0.495 e. The number of pyridine rings is 1. The molecule has 102 valence electrons. The Labute approximate surface area is 123 Å². The number of hydrogen-bond acceptors (Lipinski definition) is 3. The van der Waals surface area contributed by atoms with Gasteiger partial charge in [0.15, 0.2) is 11.3 Å². The predicted molar refractivity (Wildman–Crippen MR) is 70.7 cm³/mol. The lowest BCUT2D eigenvalue weighted by Gasteiger charge is -2.11. The molecule has 0 saturated heterocycles. The molecule has 0 radical (unpaired) electrons. The van der Waals surface area contributed by atoms with E-state index >= 15 is 0 Å². The number of halogens is 5. The lowest BCUT2D eigenvalue weighted by atomic mass is 10.3. The van der Waals surface area contributed by atoms with Gasteiger partial charge in [0.25, 0.3) is 5.56 Å². The first-order chi connectivity index (χ1) is 8.77. The van der Waals surface area contributed by atoms with Crippen LogP contribution in [0.5, 0.6) is 5.75 Å². The third kappa shape index (κ3) is 2.38. The van der Waals surface area contributed by atoms with Gasteiger partial charge in [0, 0.05) is 6.20 Å². The van der Waals surface area contributed by atoms with Crippen LogP contribution in [0.4, 0.5) is 13.2 Å². The molecule has 0 unspecified atom stereocenters. The van der Waals surface area contributed by atoms with Gasteiger partial charge >= 0.3 is 6.18 Å². The minimum absolute atomic E-state index is 0.142. The average Bonchev–Trinajstić information content (AvgIpc) is 2.33. The Morgan fingerprint density at radius 1 is 1.47 bits per heavy atom. The van der Waals surface area contributed by atoms with Crippen molar-refractivity contribution in [1.82, 2.24) is 9.38 Å². The predicted octanol–water partition coefficient (Wildman–Crippen LogP) is 2.98. The highest BCUT2D eigenvalue weighted by molar-refractivity contribution is 14.1. The number of alkyl halides is 3. The van der Waals surface area contributed by atoms with Gasteiger partial charge in [0.2, 0.25) is 0 Å². The van der Waals surface area contributed by atoms with Crippen molar-refractivity contribution >= 4 is 39.8 Å². The molecule has 0 aliphatic heterocycles. The summed E-state index contributed by atoms with van der Waals surface area (Å²) in [6.45, 7) is 0. The molecule has 0 bridgehead atoms. The van der Waals surface area contributed by atoms with Crippen LogP contribution in [-0.4, -0.2) is 16.5 Å². The third-order valence-corrected chi connectivity index (χ3v) is 3.66. The van der Waals surface area contributed by atoms with E-state index in [0.717, 1.165) is 4.40 Å². The number of ether oxygens (including phenoxy) is 1. The average molecular weight is 405 g/mol. The van der Waals surface area contributed by atoms with Gasteiger partial charge in [-0.15, -0.1) is 0 Å². The van der Waals surface area contributed by atoms with Crippen molar-refractivity contribution in [2.24, 2.45) is 0 Å². The van der Waals surface area contributed by atoms with E-state index in [1.165, 1.54) is 42.0 Å². The molecule has 19 heavy (non-hydrogen) atoms. The van der Waals surface area contributed by atoms with E-state index in [9.17, 15) is 18.0 Å². The van der Waals surface area contributed by atoms with Crippen molar-refractivity contribution in [2.75, 3.05) is 7.11 Å². The van der Waals surface area contributed by atoms with E-state index in [0.29, 0.717) is 0 Å². The maximum Gasteiger partial charge on any atom is 0.434 e. The molecular formula is C10H5ClF3IN2O2. The molecule has 0 N–H and O–H groups in total. The van der Waals surface area contributed by atoms with Gasteiger partial charge in [-0.1, -0.05) is 11.6 Å². The number of nitrogens with zero attached hydrogens (tertiary/aromatic N) is 2. The van der Waals surface area contributed by atoms with Crippen LogP contribution in [0.25, 0.3) is 5.65 Å². The Morgan fingerprint density at radius 3 is 2.63 bits per heavy atom. The molecule has 0 aliphatic rings.